The van der Waals surface area contributed by atoms with Gasteiger partial charge in [-0.05, 0) is 29.9 Å². The van der Waals surface area contributed by atoms with Crippen molar-refractivity contribution in [2.75, 3.05) is 12.9 Å². The third-order valence-electron chi connectivity index (χ3n) is 4.12. The van der Waals surface area contributed by atoms with Crippen molar-refractivity contribution in [3.8, 4) is 11.8 Å². The van der Waals surface area contributed by atoms with E-state index < -0.39 is 0 Å². The molecule has 128 valence electrons. The van der Waals surface area contributed by atoms with Gasteiger partial charge in [-0.3, -0.25) is 4.79 Å². The van der Waals surface area contributed by atoms with E-state index in [0.717, 1.165) is 28.5 Å². The molecule has 2 rings (SSSR count). The molecule has 1 amide bonds. The van der Waals surface area contributed by atoms with Crippen molar-refractivity contribution in [2.45, 2.75) is 44.9 Å². The van der Waals surface area contributed by atoms with Crippen LogP contribution >= 0.6 is 11.8 Å². The number of nitrogens with zero attached hydrogens (tertiary/aromatic N) is 1. The van der Waals surface area contributed by atoms with Gasteiger partial charge in [0.25, 0.3) is 0 Å². The maximum atomic E-state index is 12.1. The molecule has 4 nitrogen and oxygen atoms in total. The monoisotopic (exact) mass is 344 g/mol. The summed E-state index contributed by atoms with van der Waals surface area (Å²) in [6, 6.07) is 9.92. The number of methoxy groups -OCH3 is 1. The molecule has 0 bridgehead atoms. The number of hydrogen-bond acceptors (Lipinski definition) is 4. The Bertz CT molecular complexity index is 632. The van der Waals surface area contributed by atoms with Crippen LogP contribution in [0.1, 0.15) is 50.5 Å². The predicted molar refractivity (Wildman–Crippen MR) is 97.7 cm³/mol. The van der Waals surface area contributed by atoms with Crippen molar-refractivity contribution in [1.82, 2.24) is 5.32 Å². The highest BCUT2D eigenvalue weighted by atomic mass is 32.2. The fraction of sp³-hybridized carbons (Fsp3) is 0.474. The van der Waals surface area contributed by atoms with Crippen molar-refractivity contribution >= 4 is 17.7 Å². The van der Waals surface area contributed by atoms with Gasteiger partial charge in [0.1, 0.15) is 5.75 Å². The van der Waals surface area contributed by atoms with E-state index in [-0.39, 0.29) is 11.8 Å². The highest BCUT2D eigenvalue weighted by Gasteiger charge is 2.29. The number of thioether (sulfide) groups is 1. The molecule has 1 heterocycles. The van der Waals surface area contributed by atoms with E-state index in [4.69, 9.17) is 4.74 Å². The molecule has 1 atom stereocenters. The maximum absolute atomic E-state index is 12.1. The van der Waals surface area contributed by atoms with Crippen LogP contribution in [0.4, 0.5) is 0 Å². The molecule has 1 aliphatic heterocycles. The van der Waals surface area contributed by atoms with Crippen LogP contribution in [-0.2, 0) is 4.79 Å². The number of unbranched alkanes of at least 4 members (excludes halogenated alkanes) is 3. The van der Waals surface area contributed by atoms with Gasteiger partial charge in [-0.25, -0.2) is 0 Å². The minimum absolute atomic E-state index is 0.0223. The highest BCUT2D eigenvalue weighted by molar-refractivity contribution is 8.03. The molecule has 0 saturated heterocycles. The maximum Gasteiger partial charge on any atom is 0.225 e. The lowest BCUT2D eigenvalue weighted by atomic mass is 9.87. The zero-order valence-corrected chi connectivity index (χ0v) is 15.1. The van der Waals surface area contributed by atoms with E-state index in [2.05, 4.69) is 18.3 Å². The number of carbonyl (C=O) groups is 1. The van der Waals surface area contributed by atoms with Gasteiger partial charge >= 0.3 is 0 Å². The third-order valence-corrected chi connectivity index (χ3v) is 5.22. The Morgan fingerprint density at radius 3 is 2.67 bits per heavy atom. The van der Waals surface area contributed by atoms with Crippen molar-refractivity contribution in [3.63, 3.8) is 0 Å². The third kappa shape index (κ3) is 4.78. The second-order valence-electron chi connectivity index (χ2n) is 5.84. The molecule has 0 radical (unpaired) electrons. The number of hydrogen-bond donors (Lipinski definition) is 1. The number of carbonyl (C=O) groups excluding carboxylic acids is 1. The summed E-state index contributed by atoms with van der Waals surface area (Å²) in [7, 11) is 1.62. The molecule has 0 fully saturated rings. The molecule has 0 spiro atoms. The molecule has 24 heavy (non-hydrogen) atoms. The molecule has 1 aromatic carbocycles. The molecule has 0 unspecified atom stereocenters. The lowest BCUT2D eigenvalue weighted by molar-refractivity contribution is -0.120. The molecule has 5 heteroatoms. The Labute approximate surface area is 148 Å². The van der Waals surface area contributed by atoms with E-state index in [1.165, 1.54) is 19.3 Å². The zero-order valence-electron chi connectivity index (χ0n) is 14.3. The summed E-state index contributed by atoms with van der Waals surface area (Å²) in [6.45, 7) is 2.18. The Kier molecular flexibility index (Phi) is 7.20. The fourth-order valence-corrected chi connectivity index (χ4v) is 3.84. The second-order valence-corrected chi connectivity index (χ2v) is 6.95. The molecule has 0 aliphatic carbocycles. The smallest absolute Gasteiger partial charge is 0.225 e. The average molecular weight is 344 g/mol. The summed E-state index contributed by atoms with van der Waals surface area (Å²) in [5, 5.41) is 13.2. The van der Waals surface area contributed by atoms with E-state index in [1.807, 2.05) is 24.3 Å². The summed E-state index contributed by atoms with van der Waals surface area (Å²) < 4.78 is 5.18. The SMILES string of the molecule is CCCCCCSC1=C(C#N)[C@@H](c2ccc(OC)cc2)CC(=O)N1. The van der Waals surface area contributed by atoms with Crippen molar-refractivity contribution in [1.29, 1.82) is 5.26 Å². The topological polar surface area (TPSA) is 62.1 Å². The Morgan fingerprint density at radius 1 is 1.29 bits per heavy atom. The van der Waals surface area contributed by atoms with Crippen LogP contribution in [0.25, 0.3) is 0 Å². The zero-order chi connectivity index (χ0) is 17.4. The molecular formula is C19H24N2O2S. The van der Waals surface area contributed by atoms with Crippen molar-refractivity contribution in [3.05, 3.63) is 40.4 Å². The number of benzene rings is 1. The van der Waals surface area contributed by atoms with E-state index in [9.17, 15) is 10.1 Å². The van der Waals surface area contributed by atoms with Crippen LogP contribution in [-0.4, -0.2) is 18.8 Å². The molecule has 0 aromatic heterocycles. The van der Waals surface area contributed by atoms with Crippen LogP contribution in [0.5, 0.6) is 5.75 Å². The Morgan fingerprint density at radius 2 is 2.04 bits per heavy atom. The lowest BCUT2D eigenvalue weighted by Gasteiger charge is -2.25. The number of ether oxygens (including phenoxy) is 1. The number of nitriles is 1. The van der Waals surface area contributed by atoms with Gasteiger partial charge in [-0.1, -0.05) is 38.3 Å². The average Bonchev–Trinajstić information content (AvgIpc) is 2.61. The van der Waals surface area contributed by atoms with Gasteiger partial charge < -0.3 is 10.1 Å². The quantitative estimate of drug-likeness (QED) is 0.712. The van der Waals surface area contributed by atoms with Gasteiger partial charge in [-0.2, -0.15) is 5.26 Å². The van der Waals surface area contributed by atoms with Crippen LogP contribution in [0.2, 0.25) is 0 Å². The van der Waals surface area contributed by atoms with Crippen LogP contribution < -0.4 is 10.1 Å². The summed E-state index contributed by atoms with van der Waals surface area (Å²) in [5.41, 5.74) is 1.64. The molecule has 1 N–H and O–H groups in total. The summed E-state index contributed by atoms with van der Waals surface area (Å²) >= 11 is 1.59. The fourth-order valence-electron chi connectivity index (χ4n) is 2.76. The van der Waals surface area contributed by atoms with E-state index >= 15 is 0 Å². The standard InChI is InChI=1S/C19H24N2O2S/c1-3-4-5-6-11-24-19-17(13-20)16(12-18(22)21-19)14-7-9-15(23-2)10-8-14/h7-10,16H,3-6,11-12H2,1-2H3,(H,21,22)/t16-/m1/s1. The van der Waals surface area contributed by atoms with Crippen LogP contribution in [0.15, 0.2) is 34.9 Å². The van der Waals surface area contributed by atoms with Gasteiger partial charge in [0, 0.05) is 12.3 Å². The molecule has 1 aliphatic rings. The van der Waals surface area contributed by atoms with Crippen molar-refractivity contribution < 1.29 is 9.53 Å². The Balaban J connectivity index is 2.15. The highest BCUT2D eigenvalue weighted by Crippen LogP contribution is 2.36. The first-order valence-electron chi connectivity index (χ1n) is 8.40. The minimum Gasteiger partial charge on any atom is -0.497 e. The molecule has 1 aromatic rings. The van der Waals surface area contributed by atoms with E-state index in [1.54, 1.807) is 18.9 Å². The summed E-state index contributed by atoms with van der Waals surface area (Å²) in [6.07, 6.45) is 5.03. The van der Waals surface area contributed by atoms with Crippen LogP contribution in [0, 0.1) is 11.3 Å². The van der Waals surface area contributed by atoms with Gasteiger partial charge in [0.15, 0.2) is 0 Å². The molecular weight excluding hydrogens is 320 g/mol. The van der Waals surface area contributed by atoms with Gasteiger partial charge in [0.05, 0.1) is 23.8 Å². The lowest BCUT2D eigenvalue weighted by Crippen LogP contribution is -2.30. The molecule has 0 saturated carbocycles. The Hall–Kier alpha value is -1.93. The largest absolute Gasteiger partial charge is 0.497 e. The first-order valence-corrected chi connectivity index (χ1v) is 9.39. The number of amides is 1. The second kappa shape index (κ2) is 9.39. The predicted octanol–water partition coefficient (Wildman–Crippen LogP) is 4.35. The van der Waals surface area contributed by atoms with Crippen LogP contribution in [0.3, 0.4) is 0 Å². The summed E-state index contributed by atoms with van der Waals surface area (Å²) in [4.78, 5) is 12.1. The first kappa shape index (κ1) is 18.4. The van der Waals surface area contributed by atoms with Gasteiger partial charge in [-0.15, -0.1) is 11.8 Å². The number of rotatable bonds is 8. The summed E-state index contributed by atoms with van der Waals surface area (Å²) in [5.74, 6) is 1.50. The van der Waals surface area contributed by atoms with E-state index in [0.29, 0.717) is 12.0 Å². The number of allylic oxidation sites excluding steroid dienone is 1. The normalized spacial score (nSPS) is 17.4. The first-order chi connectivity index (χ1) is 11.7. The van der Waals surface area contributed by atoms with Gasteiger partial charge in [0.2, 0.25) is 5.91 Å². The number of nitrogens with one attached hydrogen (secondary N) is 1. The minimum atomic E-state index is -0.173. The van der Waals surface area contributed by atoms with Crippen molar-refractivity contribution in [2.24, 2.45) is 0 Å².